The van der Waals surface area contributed by atoms with Crippen molar-refractivity contribution >= 4 is 11.4 Å². The third kappa shape index (κ3) is 21.3. The zero-order valence-electron chi connectivity index (χ0n) is 38.9. The fourth-order valence-electron chi connectivity index (χ4n) is 9.22. The minimum absolute atomic E-state index is 0.845. The van der Waals surface area contributed by atoms with E-state index in [1.54, 1.807) is 22.3 Å². The van der Waals surface area contributed by atoms with Crippen LogP contribution in [0.1, 0.15) is 225 Å². The van der Waals surface area contributed by atoms with Crippen molar-refractivity contribution < 1.29 is 0 Å². The molecule has 0 atom stereocenters. The van der Waals surface area contributed by atoms with Gasteiger partial charge >= 0.3 is 0 Å². The highest BCUT2D eigenvalue weighted by Gasteiger charge is 2.08. The molecule has 0 bridgehead atoms. The van der Waals surface area contributed by atoms with Crippen LogP contribution in [0, 0.1) is 0 Å². The van der Waals surface area contributed by atoms with Gasteiger partial charge in [0.1, 0.15) is 0 Å². The van der Waals surface area contributed by atoms with E-state index >= 15 is 0 Å². The maximum Gasteiger partial charge on any atom is 0.0314 e. The zero-order chi connectivity index (χ0) is 42.3. The molecule has 0 saturated carbocycles. The summed E-state index contributed by atoms with van der Waals surface area (Å²) < 4.78 is 0. The van der Waals surface area contributed by atoms with Crippen LogP contribution < -0.4 is 11.5 Å². The predicted octanol–water partition coefficient (Wildman–Crippen LogP) is 17.1. The van der Waals surface area contributed by atoms with E-state index in [9.17, 15) is 0 Å². The van der Waals surface area contributed by atoms with E-state index in [1.807, 2.05) is 24.3 Å². The normalized spacial score (nSPS) is 11.4. The highest BCUT2D eigenvalue weighted by molar-refractivity contribution is 5.43. The van der Waals surface area contributed by atoms with Gasteiger partial charge in [-0.1, -0.05) is 216 Å². The Morgan fingerprint density at radius 3 is 0.817 bits per heavy atom. The molecular formula is C58H88N2. The second-order valence-corrected chi connectivity index (χ2v) is 18.5. The first-order chi connectivity index (χ1) is 29.5. The molecule has 0 spiro atoms. The van der Waals surface area contributed by atoms with E-state index in [4.69, 9.17) is 11.5 Å². The van der Waals surface area contributed by atoms with Gasteiger partial charge in [-0.15, -0.1) is 0 Å². The first-order valence-corrected chi connectivity index (χ1v) is 25.4. The summed E-state index contributed by atoms with van der Waals surface area (Å²) in [5, 5.41) is 0. The van der Waals surface area contributed by atoms with Crippen LogP contribution in [0.25, 0.3) is 0 Å². The van der Waals surface area contributed by atoms with E-state index in [0.29, 0.717) is 0 Å². The van der Waals surface area contributed by atoms with Crippen molar-refractivity contribution in [2.45, 2.75) is 219 Å². The van der Waals surface area contributed by atoms with E-state index in [-0.39, 0.29) is 0 Å². The molecule has 4 rings (SSSR count). The van der Waals surface area contributed by atoms with Crippen LogP contribution in [0.15, 0.2) is 84.9 Å². The molecular weight excluding hydrogens is 725 g/mol. The lowest BCUT2D eigenvalue weighted by Gasteiger charge is -2.13. The van der Waals surface area contributed by atoms with Crippen molar-refractivity contribution in [1.82, 2.24) is 0 Å². The summed E-state index contributed by atoms with van der Waals surface area (Å²) in [6.45, 7) is 4.61. The average molecular weight is 813 g/mol. The zero-order valence-corrected chi connectivity index (χ0v) is 38.9. The molecule has 0 aliphatic carbocycles. The highest BCUT2D eigenvalue weighted by Crippen LogP contribution is 2.24. The average Bonchev–Trinajstić information content (AvgIpc) is 3.26. The van der Waals surface area contributed by atoms with Gasteiger partial charge in [-0.05, 0) is 133 Å². The number of rotatable bonds is 35. The summed E-state index contributed by atoms with van der Waals surface area (Å²) in [4.78, 5) is 0. The number of unbranched alkanes of at least 4 members (excludes halogenated alkanes) is 23. The molecule has 0 radical (unpaired) electrons. The van der Waals surface area contributed by atoms with Crippen LogP contribution in [0.5, 0.6) is 0 Å². The lowest BCUT2D eigenvalue weighted by molar-refractivity contribution is 0.523. The summed E-state index contributed by atoms with van der Waals surface area (Å²) in [5.41, 5.74) is 25.5. The first kappa shape index (κ1) is 49.1. The molecule has 0 amide bonds. The number of nitrogen functional groups attached to an aromatic ring is 2. The van der Waals surface area contributed by atoms with E-state index in [0.717, 1.165) is 24.2 Å². The van der Waals surface area contributed by atoms with Gasteiger partial charge in [-0.3, -0.25) is 0 Å². The number of anilines is 2. The number of aryl methyl sites for hydroxylation is 4. The molecule has 0 unspecified atom stereocenters. The minimum Gasteiger partial charge on any atom is -0.399 e. The van der Waals surface area contributed by atoms with Crippen LogP contribution in [-0.2, 0) is 38.5 Å². The smallest absolute Gasteiger partial charge is 0.0314 e. The Balaban J connectivity index is 0.964. The van der Waals surface area contributed by atoms with Crippen LogP contribution in [0.3, 0.4) is 0 Å². The maximum absolute atomic E-state index is 5.92. The molecule has 4 aromatic carbocycles. The van der Waals surface area contributed by atoms with Crippen molar-refractivity contribution in [3.63, 3.8) is 0 Å². The first-order valence-electron chi connectivity index (χ1n) is 25.4. The summed E-state index contributed by atoms with van der Waals surface area (Å²) in [5.74, 6) is 0. The SMILES string of the molecule is CCCCCCc1cc(Cc2ccc(N)cc2)ccc1CCCCCCCCCCCCCCCCCCCCc1ccc(Cc2ccc(N)cc2)cc1CCCCCC. The minimum atomic E-state index is 0.845. The Labute approximate surface area is 370 Å². The van der Waals surface area contributed by atoms with E-state index < -0.39 is 0 Å². The number of benzene rings is 4. The molecule has 0 aromatic heterocycles. The number of hydrogen-bond donors (Lipinski definition) is 2. The van der Waals surface area contributed by atoms with Crippen LogP contribution >= 0.6 is 0 Å². The van der Waals surface area contributed by atoms with Gasteiger partial charge in [0.2, 0.25) is 0 Å². The second kappa shape index (κ2) is 31.3. The van der Waals surface area contributed by atoms with Gasteiger partial charge in [-0.2, -0.15) is 0 Å². The van der Waals surface area contributed by atoms with Gasteiger partial charge in [0.25, 0.3) is 0 Å². The molecule has 0 aliphatic rings. The monoisotopic (exact) mass is 813 g/mol. The largest absolute Gasteiger partial charge is 0.399 e. The Hall–Kier alpha value is -3.52. The fourth-order valence-corrected chi connectivity index (χ4v) is 9.22. The molecule has 4 N–H and O–H groups in total. The van der Waals surface area contributed by atoms with Gasteiger partial charge in [0, 0.05) is 11.4 Å². The third-order valence-electron chi connectivity index (χ3n) is 13.1. The van der Waals surface area contributed by atoms with E-state index in [1.165, 1.54) is 215 Å². The summed E-state index contributed by atoms with van der Waals surface area (Å²) in [6, 6.07) is 31.5. The van der Waals surface area contributed by atoms with Crippen LogP contribution in [0.2, 0.25) is 0 Å². The van der Waals surface area contributed by atoms with Crippen LogP contribution in [0.4, 0.5) is 11.4 Å². The molecule has 4 aromatic rings. The number of nitrogens with two attached hydrogens (primary N) is 2. The van der Waals surface area contributed by atoms with Gasteiger partial charge in [0.05, 0.1) is 0 Å². The standard InChI is InChI=1S/C58H88N2/c1-3-5-7-25-31-55-47-51(45-49-35-41-57(59)42-36-49)33-39-53(55)29-27-23-21-19-17-15-13-11-9-10-12-14-16-18-20-22-24-28-30-54-40-34-52(46-50-37-43-58(60)44-38-50)48-56(54)32-26-8-6-4-2/h33-44,47-48H,3-32,45-46,59-60H2,1-2H3. The third-order valence-corrected chi connectivity index (χ3v) is 13.1. The Morgan fingerprint density at radius 1 is 0.267 bits per heavy atom. The van der Waals surface area contributed by atoms with Gasteiger partial charge < -0.3 is 11.5 Å². The number of hydrogen-bond acceptors (Lipinski definition) is 2. The predicted molar refractivity (Wildman–Crippen MR) is 266 cm³/mol. The van der Waals surface area contributed by atoms with Crippen molar-refractivity contribution in [2.75, 3.05) is 11.5 Å². The highest BCUT2D eigenvalue weighted by atomic mass is 14.5. The molecule has 2 nitrogen and oxygen atoms in total. The van der Waals surface area contributed by atoms with Crippen molar-refractivity contribution in [2.24, 2.45) is 0 Å². The van der Waals surface area contributed by atoms with Crippen LogP contribution in [-0.4, -0.2) is 0 Å². The molecule has 0 heterocycles. The summed E-state index contributed by atoms with van der Waals surface area (Å²) in [7, 11) is 0. The van der Waals surface area contributed by atoms with Crippen molar-refractivity contribution in [3.05, 3.63) is 129 Å². The van der Waals surface area contributed by atoms with E-state index in [2.05, 4.69) is 74.5 Å². The lowest BCUT2D eigenvalue weighted by atomic mass is 9.93. The topological polar surface area (TPSA) is 52.0 Å². The van der Waals surface area contributed by atoms with Gasteiger partial charge in [0.15, 0.2) is 0 Å². The summed E-state index contributed by atoms with van der Waals surface area (Å²) >= 11 is 0. The molecule has 2 heteroatoms. The Kier molecular flexibility index (Phi) is 25.7. The molecule has 60 heavy (non-hydrogen) atoms. The summed E-state index contributed by atoms with van der Waals surface area (Å²) in [6.07, 6.45) is 43.1. The van der Waals surface area contributed by atoms with Crippen molar-refractivity contribution in [1.29, 1.82) is 0 Å². The molecule has 0 saturated heterocycles. The van der Waals surface area contributed by atoms with Crippen molar-refractivity contribution in [3.8, 4) is 0 Å². The lowest BCUT2D eigenvalue weighted by Crippen LogP contribution is -1.99. The quantitative estimate of drug-likeness (QED) is 0.0359. The molecule has 0 aliphatic heterocycles. The Morgan fingerprint density at radius 2 is 0.517 bits per heavy atom. The maximum atomic E-state index is 5.92. The van der Waals surface area contributed by atoms with Gasteiger partial charge in [-0.25, -0.2) is 0 Å². The fraction of sp³-hybridized carbons (Fsp3) is 0.586. The molecule has 0 fully saturated rings. The molecule has 330 valence electrons. The second-order valence-electron chi connectivity index (χ2n) is 18.5. The Bertz CT molecular complexity index is 1530.